The summed E-state index contributed by atoms with van der Waals surface area (Å²) in [5, 5.41) is 19.3. The molecule has 1 amide bonds. The van der Waals surface area contributed by atoms with Gasteiger partial charge in [-0.15, -0.1) is 0 Å². The molecule has 5 aliphatic rings. The van der Waals surface area contributed by atoms with Gasteiger partial charge in [0.05, 0.1) is 11.9 Å². The number of amides is 1. The molecule has 8 atom stereocenters. The van der Waals surface area contributed by atoms with Gasteiger partial charge in [-0.1, -0.05) is 27.7 Å². The number of hydrogen-bond acceptors (Lipinski definition) is 6. The van der Waals surface area contributed by atoms with Gasteiger partial charge < -0.3 is 24.9 Å². The molecule has 0 bridgehead atoms. The van der Waals surface area contributed by atoms with Crippen LogP contribution in [0.5, 0.6) is 0 Å². The van der Waals surface area contributed by atoms with Crippen molar-refractivity contribution in [1.29, 1.82) is 0 Å². The Morgan fingerprint density at radius 1 is 0.976 bits per heavy atom. The molecule has 7 nitrogen and oxygen atoms in total. The van der Waals surface area contributed by atoms with Gasteiger partial charge in [0.1, 0.15) is 6.10 Å². The topological polar surface area (TPSA) is 101 Å². The zero-order chi connectivity index (χ0) is 29.7. The first-order valence-corrected chi connectivity index (χ1v) is 17.0. The van der Waals surface area contributed by atoms with Crippen LogP contribution in [0.25, 0.3) is 0 Å². The number of nitrogens with one attached hydrogen (secondary N) is 2. The van der Waals surface area contributed by atoms with E-state index in [1.807, 2.05) is 6.07 Å². The van der Waals surface area contributed by atoms with Gasteiger partial charge in [0, 0.05) is 23.6 Å². The van der Waals surface area contributed by atoms with Gasteiger partial charge in [0.2, 0.25) is 0 Å². The summed E-state index contributed by atoms with van der Waals surface area (Å²) in [7, 11) is 0. The second kappa shape index (κ2) is 11.6. The van der Waals surface area contributed by atoms with E-state index in [-0.39, 0.29) is 40.6 Å². The van der Waals surface area contributed by atoms with Gasteiger partial charge >= 0.3 is 11.7 Å². The lowest BCUT2D eigenvalue weighted by Crippen LogP contribution is -2.62. The number of alkyl carbamates (subject to hydrolysis) is 1. The van der Waals surface area contributed by atoms with Crippen LogP contribution in [-0.4, -0.2) is 41.5 Å². The molecule has 234 valence electrons. The zero-order valence-corrected chi connectivity index (χ0v) is 26.3. The van der Waals surface area contributed by atoms with Crippen LogP contribution in [0, 0.1) is 34.5 Å². The lowest BCUT2D eigenvalue weighted by atomic mass is 9.43. The summed E-state index contributed by atoms with van der Waals surface area (Å²) < 4.78 is 11.3. The van der Waals surface area contributed by atoms with E-state index < -0.39 is 5.60 Å². The molecule has 7 heteroatoms. The molecule has 0 aromatic carbocycles. The van der Waals surface area contributed by atoms with E-state index in [1.54, 1.807) is 6.26 Å². The van der Waals surface area contributed by atoms with Gasteiger partial charge in [-0.05, 0) is 137 Å². The molecule has 1 aromatic rings. The molecule has 5 saturated carbocycles. The lowest BCUT2D eigenvalue weighted by molar-refractivity contribution is -0.205. The van der Waals surface area contributed by atoms with Crippen molar-refractivity contribution < 1.29 is 19.1 Å². The molecule has 1 aromatic heterocycles. The standard InChI is InChI=1S/C35H54N2O5/c1-22(2)20-36-25-7-9-26(10-8-25)37-32(39)42-27-13-16-33(3)24(19-27)6-11-30-29(33)14-17-34(4)28(15-18-35(30,34)40)23-5-12-31(38)41-21-23/h5,12,21-22,24-30,36,40H,6-11,13-20H2,1-4H3,(H,37,39)/t24-,25?,26?,27+,28-,29+,30-,33+,34-,35+/m1/s1. The molecule has 42 heavy (non-hydrogen) atoms. The molecule has 0 saturated heterocycles. The smallest absolute Gasteiger partial charge is 0.407 e. The first-order chi connectivity index (χ1) is 20.0. The Morgan fingerprint density at radius 3 is 2.45 bits per heavy atom. The summed E-state index contributed by atoms with van der Waals surface area (Å²) in [5.41, 5.74) is 0.00934. The normalized spacial score (nSPS) is 43.2. The summed E-state index contributed by atoms with van der Waals surface area (Å²) in [6.07, 6.45) is 14.6. The first-order valence-electron chi connectivity index (χ1n) is 17.0. The molecule has 5 fully saturated rings. The molecule has 0 unspecified atom stereocenters. The van der Waals surface area contributed by atoms with Crippen LogP contribution < -0.4 is 16.3 Å². The number of carbonyl (C=O) groups is 1. The highest BCUT2D eigenvalue weighted by atomic mass is 16.6. The van der Waals surface area contributed by atoms with Crippen molar-refractivity contribution in [1.82, 2.24) is 10.6 Å². The third kappa shape index (κ3) is 5.35. The molecule has 0 aliphatic heterocycles. The predicted molar refractivity (Wildman–Crippen MR) is 163 cm³/mol. The van der Waals surface area contributed by atoms with Crippen molar-refractivity contribution >= 4 is 6.09 Å². The van der Waals surface area contributed by atoms with E-state index in [2.05, 4.69) is 38.3 Å². The van der Waals surface area contributed by atoms with Crippen LogP contribution >= 0.6 is 0 Å². The number of fused-ring (bicyclic) bond motifs is 5. The SMILES string of the molecule is CC(C)CNC1CCC(NC(=O)O[C@H]2CC[C@@]3(C)[C@H](CC[C@@H]4[C@@H]3CC[C@]3(C)[C@@H](c5ccc(=O)oc5)CC[C@]43O)C2)CC1. The Balaban J connectivity index is 1.04. The fraction of sp³-hybridized carbons (Fsp3) is 0.829. The highest BCUT2D eigenvalue weighted by Crippen LogP contribution is 2.70. The monoisotopic (exact) mass is 582 g/mol. The predicted octanol–water partition coefficient (Wildman–Crippen LogP) is 6.53. The third-order valence-corrected chi connectivity index (χ3v) is 13.1. The van der Waals surface area contributed by atoms with E-state index >= 15 is 0 Å². The lowest BCUT2D eigenvalue weighted by Gasteiger charge is -2.63. The summed E-state index contributed by atoms with van der Waals surface area (Å²) >= 11 is 0. The summed E-state index contributed by atoms with van der Waals surface area (Å²) in [4.78, 5) is 24.5. The Bertz CT molecular complexity index is 1160. The maximum Gasteiger partial charge on any atom is 0.407 e. The van der Waals surface area contributed by atoms with Gasteiger partial charge in [0.25, 0.3) is 0 Å². The molecule has 1 heterocycles. The summed E-state index contributed by atoms with van der Waals surface area (Å²) in [6, 6.07) is 4.22. The van der Waals surface area contributed by atoms with Crippen LogP contribution in [0.2, 0.25) is 0 Å². The first kappa shape index (κ1) is 30.2. The highest BCUT2D eigenvalue weighted by molar-refractivity contribution is 5.67. The quantitative estimate of drug-likeness (QED) is 0.353. The van der Waals surface area contributed by atoms with Crippen molar-refractivity contribution in [3.8, 4) is 0 Å². The number of ether oxygens (including phenoxy) is 1. The van der Waals surface area contributed by atoms with E-state index in [9.17, 15) is 14.7 Å². The maximum atomic E-state index is 12.9. The van der Waals surface area contributed by atoms with Gasteiger partial charge in [-0.25, -0.2) is 9.59 Å². The van der Waals surface area contributed by atoms with E-state index in [4.69, 9.17) is 9.15 Å². The number of aliphatic hydroxyl groups is 1. The van der Waals surface area contributed by atoms with Crippen LogP contribution in [0.3, 0.4) is 0 Å². The molecule has 0 radical (unpaired) electrons. The molecular weight excluding hydrogens is 528 g/mol. The van der Waals surface area contributed by atoms with Crippen molar-refractivity contribution in [3.05, 3.63) is 34.4 Å². The van der Waals surface area contributed by atoms with Crippen molar-refractivity contribution in [2.24, 2.45) is 34.5 Å². The van der Waals surface area contributed by atoms with Crippen molar-refractivity contribution in [2.45, 2.75) is 141 Å². The van der Waals surface area contributed by atoms with E-state index in [0.717, 1.165) is 95.6 Å². The summed E-state index contributed by atoms with van der Waals surface area (Å²) in [6.45, 7) is 10.3. The summed E-state index contributed by atoms with van der Waals surface area (Å²) in [5.74, 6) is 2.20. The molecular formula is C35H54N2O5. The Hall–Kier alpha value is -1.86. The minimum absolute atomic E-state index is 0.00999. The van der Waals surface area contributed by atoms with Crippen LogP contribution in [0.15, 0.2) is 27.6 Å². The molecule has 0 spiro atoms. The maximum absolute atomic E-state index is 12.9. The number of carbonyl (C=O) groups excluding carboxylic acids is 1. The zero-order valence-electron chi connectivity index (χ0n) is 26.3. The van der Waals surface area contributed by atoms with Crippen molar-refractivity contribution in [3.63, 3.8) is 0 Å². The van der Waals surface area contributed by atoms with Crippen molar-refractivity contribution in [2.75, 3.05) is 6.54 Å². The molecule has 3 N–H and O–H groups in total. The molecule has 6 rings (SSSR count). The minimum atomic E-state index is -0.693. The van der Waals surface area contributed by atoms with Gasteiger partial charge in [-0.3, -0.25) is 0 Å². The highest BCUT2D eigenvalue weighted by Gasteiger charge is 2.67. The number of rotatable bonds is 6. The fourth-order valence-corrected chi connectivity index (χ4v) is 10.6. The van der Waals surface area contributed by atoms with Crippen LogP contribution in [-0.2, 0) is 4.74 Å². The second-order valence-corrected chi connectivity index (χ2v) is 15.6. The number of hydrogen-bond donors (Lipinski definition) is 3. The van der Waals surface area contributed by atoms with Gasteiger partial charge in [-0.2, -0.15) is 0 Å². The fourth-order valence-electron chi connectivity index (χ4n) is 10.6. The third-order valence-electron chi connectivity index (χ3n) is 13.1. The van der Waals surface area contributed by atoms with Crippen LogP contribution in [0.4, 0.5) is 4.79 Å². The van der Waals surface area contributed by atoms with E-state index in [0.29, 0.717) is 29.7 Å². The van der Waals surface area contributed by atoms with Crippen LogP contribution in [0.1, 0.15) is 123 Å². The average Bonchev–Trinajstić information content (AvgIpc) is 3.24. The van der Waals surface area contributed by atoms with Gasteiger partial charge in [0.15, 0.2) is 0 Å². The molecule has 5 aliphatic carbocycles. The Kier molecular flexibility index (Phi) is 8.32. The Morgan fingerprint density at radius 2 is 1.74 bits per heavy atom. The Labute approximate surface area is 251 Å². The average molecular weight is 583 g/mol. The van der Waals surface area contributed by atoms with E-state index in [1.165, 1.54) is 6.07 Å². The minimum Gasteiger partial charge on any atom is -0.446 e. The largest absolute Gasteiger partial charge is 0.446 e. The second-order valence-electron chi connectivity index (χ2n) is 15.6.